The van der Waals surface area contributed by atoms with E-state index >= 15 is 0 Å². The van der Waals surface area contributed by atoms with Gasteiger partial charge in [0.05, 0.1) is 18.3 Å². The van der Waals surface area contributed by atoms with Gasteiger partial charge in [-0.05, 0) is 56.2 Å². The fraction of sp³-hybridized carbons (Fsp3) is 0.333. The van der Waals surface area contributed by atoms with E-state index in [0.29, 0.717) is 16.7 Å². The van der Waals surface area contributed by atoms with Gasteiger partial charge in [-0.2, -0.15) is 18.2 Å². The van der Waals surface area contributed by atoms with Gasteiger partial charge in [0.2, 0.25) is 5.82 Å². The molecule has 3 aromatic rings. The summed E-state index contributed by atoms with van der Waals surface area (Å²) in [4.78, 5) is 4.20. The maximum atomic E-state index is 13.5. The van der Waals surface area contributed by atoms with Crippen LogP contribution in [0.3, 0.4) is 0 Å². The average molecular weight is 422 g/mol. The molecule has 1 aromatic heterocycles. The first kappa shape index (κ1) is 21.8. The monoisotopic (exact) mass is 422 g/mol. The second-order valence-corrected chi connectivity index (χ2v) is 7.07. The van der Waals surface area contributed by atoms with E-state index < -0.39 is 30.6 Å². The van der Waals surface area contributed by atoms with Gasteiger partial charge in [-0.1, -0.05) is 17.3 Å². The Labute approximate surface area is 170 Å². The average Bonchev–Trinajstić information content (AvgIpc) is 3.16. The van der Waals surface area contributed by atoms with Crippen molar-refractivity contribution in [2.45, 2.75) is 39.2 Å². The number of aryl methyl sites for hydroxylation is 1. The lowest BCUT2D eigenvalue weighted by Crippen LogP contribution is -2.13. The number of aliphatic hydroxyl groups excluding tert-OH is 2. The number of alkyl halides is 3. The number of hydrogen-bond acceptors (Lipinski definition) is 6. The minimum atomic E-state index is -4.61. The lowest BCUT2D eigenvalue weighted by Gasteiger charge is -2.16. The highest BCUT2D eigenvalue weighted by Crippen LogP contribution is 2.39. The highest BCUT2D eigenvalue weighted by atomic mass is 19.4. The van der Waals surface area contributed by atoms with Gasteiger partial charge in [0, 0.05) is 11.1 Å². The first-order valence-corrected chi connectivity index (χ1v) is 9.22. The molecule has 0 bridgehead atoms. The number of ether oxygens (including phenoxy) is 1. The van der Waals surface area contributed by atoms with Crippen LogP contribution in [0.1, 0.15) is 36.6 Å². The molecule has 1 unspecified atom stereocenters. The zero-order chi connectivity index (χ0) is 22.1. The zero-order valence-electron chi connectivity index (χ0n) is 16.6. The van der Waals surface area contributed by atoms with E-state index in [4.69, 9.17) is 14.4 Å². The molecule has 0 fully saturated rings. The highest BCUT2D eigenvalue weighted by Gasteiger charge is 2.35. The molecule has 2 aromatic carbocycles. The molecular weight excluding hydrogens is 401 g/mol. The first-order chi connectivity index (χ1) is 14.1. The van der Waals surface area contributed by atoms with Crippen LogP contribution in [-0.4, -0.2) is 33.1 Å². The zero-order valence-corrected chi connectivity index (χ0v) is 16.6. The van der Waals surface area contributed by atoms with Crippen LogP contribution in [0, 0.1) is 6.92 Å². The smallest absolute Gasteiger partial charge is 0.419 e. The molecule has 160 valence electrons. The summed E-state index contributed by atoms with van der Waals surface area (Å²) >= 11 is 0. The van der Waals surface area contributed by atoms with Crippen LogP contribution in [0.25, 0.3) is 22.8 Å². The Morgan fingerprint density at radius 2 is 1.80 bits per heavy atom. The predicted octanol–water partition coefficient (Wildman–Crippen LogP) is 4.54. The topological polar surface area (TPSA) is 88.6 Å². The molecule has 1 heterocycles. The molecule has 30 heavy (non-hydrogen) atoms. The Morgan fingerprint density at radius 1 is 1.10 bits per heavy atom. The van der Waals surface area contributed by atoms with Crippen LogP contribution in [0.5, 0.6) is 5.75 Å². The lowest BCUT2D eigenvalue weighted by atomic mass is 10.0. The van der Waals surface area contributed by atoms with Crippen LogP contribution in [0.2, 0.25) is 0 Å². The summed E-state index contributed by atoms with van der Waals surface area (Å²) in [5.74, 6) is -0.146. The van der Waals surface area contributed by atoms with E-state index in [9.17, 15) is 18.3 Å². The summed E-state index contributed by atoms with van der Waals surface area (Å²) < 4.78 is 50.8. The molecule has 9 heteroatoms. The van der Waals surface area contributed by atoms with Crippen molar-refractivity contribution in [1.29, 1.82) is 0 Å². The van der Waals surface area contributed by atoms with Crippen molar-refractivity contribution >= 4 is 0 Å². The van der Waals surface area contributed by atoms with Gasteiger partial charge in [-0.15, -0.1) is 0 Å². The predicted molar refractivity (Wildman–Crippen MR) is 103 cm³/mol. The molecular formula is C21H21F3N2O4. The molecule has 0 aliphatic heterocycles. The third kappa shape index (κ3) is 4.63. The summed E-state index contributed by atoms with van der Waals surface area (Å²) in [6.07, 6.45) is -6.03. The maximum absolute atomic E-state index is 13.5. The Balaban J connectivity index is 1.95. The van der Waals surface area contributed by atoms with Crippen molar-refractivity contribution in [2.24, 2.45) is 0 Å². The van der Waals surface area contributed by atoms with E-state index in [-0.39, 0.29) is 23.0 Å². The van der Waals surface area contributed by atoms with Crippen molar-refractivity contribution < 1.29 is 32.6 Å². The van der Waals surface area contributed by atoms with E-state index in [1.165, 1.54) is 12.1 Å². The van der Waals surface area contributed by atoms with Crippen LogP contribution in [0.15, 0.2) is 40.9 Å². The molecule has 1 atom stereocenters. The van der Waals surface area contributed by atoms with E-state index in [0.717, 1.165) is 6.07 Å². The summed E-state index contributed by atoms with van der Waals surface area (Å²) in [5.41, 5.74) is 1.01. The number of rotatable bonds is 6. The molecule has 0 amide bonds. The SMILES string of the molecule is Cc1cc(-c2noc(-c3ccc(OC(C)C)c(C(F)(F)F)c3)n2)ccc1C(O)CO. The van der Waals surface area contributed by atoms with Gasteiger partial charge in [0.15, 0.2) is 0 Å². The lowest BCUT2D eigenvalue weighted by molar-refractivity contribution is -0.139. The number of aliphatic hydroxyl groups is 2. The van der Waals surface area contributed by atoms with Gasteiger partial charge < -0.3 is 19.5 Å². The number of aromatic nitrogens is 2. The third-order valence-corrected chi connectivity index (χ3v) is 4.38. The fourth-order valence-electron chi connectivity index (χ4n) is 2.99. The first-order valence-electron chi connectivity index (χ1n) is 9.22. The van der Waals surface area contributed by atoms with E-state index in [1.807, 2.05) is 0 Å². The van der Waals surface area contributed by atoms with E-state index in [2.05, 4.69) is 10.1 Å². The molecule has 0 saturated heterocycles. The Bertz CT molecular complexity index is 1030. The van der Waals surface area contributed by atoms with Gasteiger partial charge in [-0.25, -0.2) is 0 Å². The minimum absolute atomic E-state index is 0.0660. The molecule has 2 N–H and O–H groups in total. The Kier molecular flexibility index (Phi) is 6.14. The summed E-state index contributed by atoms with van der Waals surface area (Å²) in [6, 6.07) is 8.54. The maximum Gasteiger partial charge on any atom is 0.419 e. The van der Waals surface area contributed by atoms with Crippen LogP contribution < -0.4 is 4.74 Å². The molecule has 6 nitrogen and oxygen atoms in total. The van der Waals surface area contributed by atoms with Gasteiger partial charge in [0.25, 0.3) is 5.89 Å². The van der Waals surface area contributed by atoms with Crippen molar-refractivity contribution in [3.8, 4) is 28.6 Å². The number of hydrogen-bond donors (Lipinski definition) is 2. The van der Waals surface area contributed by atoms with Crippen LogP contribution >= 0.6 is 0 Å². The molecule has 0 aliphatic carbocycles. The largest absolute Gasteiger partial charge is 0.490 e. The van der Waals surface area contributed by atoms with Crippen molar-refractivity contribution in [1.82, 2.24) is 10.1 Å². The number of nitrogens with zero attached hydrogens (tertiary/aromatic N) is 2. The standard InChI is InChI=1S/C21H21F3N2O4/c1-11(2)29-18-7-5-14(9-16(18)21(22,23)24)20-25-19(26-30-20)13-4-6-15(12(3)8-13)17(28)10-27/h4-9,11,17,27-28H,10H2,1-3H3. The van der Waals surface area contributed by atoms with Crippen molar-refractivity contribution in [2.75, 3.05) is 6.61 Å². The second kappa shape index (κ2) is 8.45. The van der Waals surface area contributed by atoms with Gasteiger partial charge in [-0.3, -0.25) is 0 Å². The molecule has 0 aliphatic rings. The van der Waals surface area contributed by atoms with Crippen molar-refractivity contribution in [3.63, 3.8) is 0 Å². The van der Waals surface area contributed by atoms with Gasteiger partial charge >= 0.3 is 6.18 Å². The molecule has 0 saturated carbocycles. The Hall–Kier alpha value is -2.91. The second-order valence-electron chi connectivity index (χ2n) is 7.07. The van der Waals surface area contributed by atoms with E-state index in [1.54, 1.807) is 39.0 Å². The minimum Gasteiger partial charge on any atom is -0.490 e. The number of benzene rings is 2. The van der Waals surface area contributed by atoms with Gasteiger partial charge in [0.1, 0.15) is 11.9 Å². The third-order valence-electron chi connectivity index (χ3n) is 4.38. The highest BCUT2D eigenvalue weighted by molar-refractivity contribution is 5.63. The summed E-state index contributed by atoms with van der Waals surface area (Å²) in [6.45, 7) is 4.63. The van der Waals surface area contributed by atoms with Crippen LogP contribution in [0.4, 0.5) is 13.2 Å². The summed E-state index contributed by atoms with van der Waals surface area (Å²) in [7, 11) is 0. The molecule has 0 spiro atoms. The summed E-state index contributed by atoms with van der Waals surface area (Å²) in [5, 5.41) is 22.7. The number of halogens is 3. The quantitative estimate of drug-likeness (QED) is 0.606. The van der Waals surface area contributed by atoms with Crippen molar-refractivity contribution in [3.05, 3.63) is 53.1 Å². The normalized spacial score (nSPS) is 13.0. The Morgan fingerprint density at radius 3 is 2.40 bits per heavy atom. The van der Waals surface area contributed by atoms with Crippen LogP contribution in [-0.2, 0) is 6.18 Å². The molecule has 0 radical (unpaired) electrons. The molecule has 3 rings (SSSR count). The fourth-order valence-corrected chi connectivity index (χ4v) is 2.99.